The van der Waals surface area contributed by atoms with Gasteiger partial charge in [0.15, 0.2) is 0 Å². The number of aliphatic hydroxyl groups excluding tert-OH is 1. The molecule has 2 atom stereocenters. The Labute approximate surface area is 82.1 Å². The topological polar surface area (TPSA) is 59.4 Å². The monoisotopic (exact) mass is 191 g/mol. The number of benzene rings is 1. The molecule has 74 valence electrons. The predicted molar refractivity (Wildman–Crippen MR) is 54.8 cm³/mol. The minimum absolute atomic E-state index is 0.324. The molecule has 2 unspecified atom stereocenters. The van der Waals surface area contributed by atoms with Gasteiger partial charge in [0.1, 0.15) is 17.4 Å². The highest BCUT2D eigenvalue weighted by Crippen LogP contribution is 2.24. The van der Waals surface area contributed by atoms with Crippen LogP contribution in [0, 0.1) is 0 Å². The summed E-state index contributed by atoms with van der Waals surface area (Å²) in [7, 11) is 0. The average Bonchev–Trinajstić information content (AvgIpc) is 2.59. The van der Waals surface area contributed by atoms with Gasteiger partial charge >= 0.3 is 0 Å². The van der Waals surface area contributed by atoms with E-state index in [1.165, 1.54) is 0 Å². The van der Waals surface area contributed by atoms with Crippen molar-refractivity contribution in [1.29, 1.82) is 0 Å². The molecule has 0 saturated heterocycles. The predicted octanol–water partition coefficient (Wildman–Crippen LogP) is 1.81. The van der Waals surface area contributed by atoms with Crippen LogP contribution in [0.15, 0.2) is 34.7 Å². The molecule has 0 aliphatic rings. The summed E-state index contributed by atoms with van der Waals surface area (Å²) in [5.74, 6) is 0.529. The van der Waals surface area contributed by atoms with E-state index >= 15 is 0 Å². The van der Waals surface area contributed by atoms with E-state index in [0.29, 0.717) is 5.76 Å². The molecule has 1 heterocycles. The van der Waals surface area contributed by atoms with Crippen molar-refractivity contribution in [3.63, 3.8) is 0 Å². The van der Waals surface area contributed by atoms with Gasteiger partial charge in [0, 0.05) is 11.4 Å². The Morgan fingerprint density at radius 3 is 2.71 bits per heavy atom. The van der Waals surface area contributed by atoms with Gasteiger partial charge in [-0.1, -0.05) is 18.2 Å². The van der Waals surface area contributed by atoms with Crippen LogP contribution in [0.25, 0.3) is 11.0 Å². The third-order valence-electron chi connectivity index (χ3n) is 2.23. The normalized spacial score (nSPS) is 15.6. The van der Waals surface area contributed by atoms with E-state index in [1.54, 1.807) is 6.92 Å². The molecule has 2 aromatic rings. The second kappa shape index (κ2) is 3.44. The zero-order chi connectivity index (χ0) is 10.1. The number of para-hydroxylation sites is 1. The van der Waals surface area contributed by atoms with Crippen LogP contribution in [0.3, 0.4) is 0 Å². The van der Waals surface area contributed by atoms with Crippen molar-refractivity contribution in [3.05, 3.63) is 36.1 Å². The van der Waals surface area contributed by atoms with E-state index in [1.807, 2.05) is 30.3 Å². The van der Waals surface area contributed by atoms with E-state index in [0.717, 1.165) is 11.0 Å². The SMILES string of the molecule is CC(N)C(O)c1cc2ccccc2o1. The lowest BCUT2D eigenvalue weighted by Gasteiger charge is -2.10. The molecule has 0 spiro atoms. The fraction of sp³-hybridized carbons (Fsp3) is 0.273. The van der Waals surface area contributed by atoms with Gasteiger partial charge < -0.3 is 15.3 Å². The van der Waals surface area contributed by atoms with Gasteiger partial charge in [-0.05, 0) is 19.1 Å². The molecule has 1 aromatic carbocycles. The standard InChI is InChI=1S/C11H13NO2/c1-7(12)11(13)10-6-8-4-2-3-5-9(8)14-10/h2-7,11,13H,12H2,1H3. The molecule has 1 aromatic heterocycles. The molecule has 14 heavy (non-hydrogen) atoms. The van der Waals surface area contributed by atoms with Gasteiger partial charge in [0.25, 0.3) is 0 Å². The van der Waals surface area contributed by atoms with Crippen LogP contribution < -0.4 is 5.73 Å². The molecule has 0 bridgehead atoms. The number of hydrogen-bond acceptors (Lipinski definition) is 3. The zero-order valence-electron chi connectivity index (χ0n) is 7.97. The minimum Gasteiger partial charge on any atom is -0.458 e. The fourth-order valence-electron chi connectivity index (χ4n) is 1.41. The molecule has 0 fully saturated rings. The fourth-order valence-corrected chi connectivity index (χ4v) is 1.41. The average molecular weight is 191 g/mol. The number of rotatable bonds is 2. The summed E-state index contributed by atoms with van der Waals surface area (Å²) in [4.78, 5) is 0. The summed E-state index contributed by atoms with van der Waals surface area (Å²) in [5.41, 5.74) is 6.36. The van der Waals surface area contributed by atoms with Gasteiger partial charge in [0.05, 0.1) is 0 Å². The summed E-state index contributed by atoms with van der Waals surface area (Å²) >= 11 is 0. The summed E-state index contributed by atoms with van der Waals surface area (Å²) in [5, 5.41) is 10.7. The van der Waals surface area contributed by atoms with Gasteiger partial charge in [-0.25, -0.2) is 0 Å². The van der Waals surface area contributed by atoms with Gasteiger partial charge in [-0.3, -0.25) is 0 Å². The molecule has 0 amide bonds. The molecule has 3 nitrogen and oxygen atoms in total. The molecule has 0 aliphatic heterocycles. The maximum Gasteiger partial charge on any atom is 0.135 e. The highest BCUT2D eigenvalue weighted by Gasteiger charge is 2.16. The van der Waals surface area contributed by atoms with Crippen LogP contribution >= 0.6 is 0 Å². The van der Waals surface area contributed by atoms with Gasteiger partial charge in [-0.15, -0.1) is 0 Å². The van der Waals surface area contributed by atoms with Gasteiger partial charge in [-0.2, -0.15) is 0 Å². The summed E-state index contributed by atoms with van der Waals surface area (Å²) in [6.45, 7) is 1.75. The van der Waals surface area contributed by atoms with Crippen molar-refractivity contribution >= 4 is 11.0 Å². The number of nitrogens with two attached hydrogens (primary N) is 1. The highest BCUT2D eigenvalue weighted by atomic mass is 16.4. The summed E-state index contributed by atoms with van der Waals surface area (Å²) in [6.07, 6.45) is -0.734. The van der Waals surface area contributed by atoms with Crippen molar-refractivity contribution in [2.45, 2.75) is 19.1 Å². The molecular weight excluding hydrogens is 178 g/mol. The molecular formula is C11H13NO2. The van der Waals surface area contributed by atoms with Crippen LogP contribution in [-0.4, -0.2) is 11.1 Å². The summed E-state index contributed by atoms with van der Waals surface area (Å²) < 4.78 is 5.46. The van der Waals surface area contributed by atoms with Crippen LogP contribution in [0.2, 0.25) is 0 Å². The molecule has 0 saturated carbocycles. The third kappa shape index (κ3) is 1.52. The lowest BCUT2D eigenvalue weighted by Crippen LogP contribution is -2.23. The summed E-state index contributed by atoms with van der Waals surface area (Å²) in [6, 6.07) is 9.13. The first-order valence-electron chi connectivity index (χ1n) is 4.60. The van der Waals surface area contributed by atoms with E-state index in [4.69, 9.17) is 10.2 Å². The van der Waals surface area contributed by atoms with Crippen LogP contribution in [-0.2, 0) is 0 Å². The molecule has 3 N–H and O–H groups in total. The first-order chi connectivity index (χ1) is 6.68. The van der Waals surface area contributed by atoms with Crippen molar-refractivity contribution < 1.29 is 9.52 Å². The second-order valence-electron chi connectivity index (χ2n) is 3.49. The van der Waals surface area contributed by atoms with E-state index < -0.39 is 6.10 Å². The first-order valence-corrected chi connectivity index (χ1v) is 4.60. The minimum atomic E-state index is -0.734. The van der Waals surface area contributed by atoms with Crippen LogP contribution in [0.5, 0.6) is 0 Å². The number of furan rings is 1. The third-order valence-corrected chi connectivity index (χ3v) is 2.23. The molecule has 3 heteroatoms. The number of fused-ring (bicyclic) bond motifs is 1. The molecule has 0 aliphatic carbocycles. The first kappa shape index (κ1) is 9.24. The zero-order valence-corrected chi connectivity index (χ0v) is 7.97. The Bertz CT molecular complexity index is 401. The highest BCUT2D eigenvalue weighted by molar-refractivity contribution is 5.77. The van der Waals surface area contributed by atoms with Crippen LogP contribution in [0.1, 0.15) is 18.8 Å². The lowest BCUT2D eigenvalue weighted by molar-refractivity contribution is 0.129. The maximum atomic E-state index is 9.68. The largest absolute Gasteiger partial charge is 0.458 e. The Balaban J connectivity index is 2.45. The van der Waals surface area contributed by atoms with E-state index in [9.17, 15) is 5.11 Å². The quantitative estimate of drug-likeness (QED) is 0.761. The smallest absolute Gasteiger partial charge is 0.135 e. The molecule has 2 rings (SSSR count). The van der Waals surface area contributed by atoms with E-state index in [-0.39, 0.29) is 6.04 Å². The number of hydrogen-bond donors (Lipinski definition) is 2. The van der Waals surface area contributed by atoms with Crippen molar-refractivity contribution in [1.82, 2.24) is 0 Å². The van der Waals surface area contributed by atoms with Crippen LogP contribution in [0.4, 0.5) is 0 Å². The lowest BCUT2D eigenvalue weighted by atomic mass is 10.1. The Morgan fingerprint density at radius 2 is 2.07 bits per heavy atom. The Morgan fingerprint density at radius 1 is 1.36 bits per heavy atom. The van der Waals surface area contributed by atoms with Gasteiger partial charge in [0.2, 0.25) is 0 Å². The van der Waals surface area contributed by atoms with E-state index in [2.05, 4.69) is 0 Å². The van der Waals surface area contributed by atoms with Crippen molar-refractivity contribution in [2.24, 2.45) is 5.73 Å². The Hall–Kier alpha value is -1.32. The number of aliphatic hydroxyl groups is 1. The maximum absolute atomic E-state index is 9.68. The Kier molecular flexibility index (Phi) is 2.27. The molecule has 0 radical (unpaired) electrons. The van der Waals surface area contributed by atoms with Crippen molar-refractivity contribution in [2.75, 3.05) is 0 Å². The second-order valence-corrected chi connectivity index (χ2v) is 3.49. The van der Waals surface area contributed by atoms with Crippen molar-refractivity contribution in [3.8, 4) is 0 Å².